The van der Waals surface area contributed by atoms with Crippen molar-refractivity contribution < 1.29 is 14.4 Å². The first-order chi connectivity index (χ1) is 16.1. The Hall–Kier alpha value is -4.05. The largest absolute Gasteiger partial charge is 0.325 e. The summed E-state index contributed by atoms with van der Waals surface area (Å²) in [7, 11) is 0. The Morgan fingerprint density at radius 3 is 2.33 bits per heavy atom. The molecule has 1 N–H and O–H groups in total. The highest BCUT2D eigenvalue weighted by Crippen LogP contribution is 2.37. The number of hydrogen-bond donors (Lipinski definition) is 1. The van der Waals surface area contributed by atoms with Crippen LogP contribution in [0.25, 0.3) is 10.8 Å². The van der Waals surface area contributed by atoms with Gasteiger partial charge in [-0.25, -0.2) is 0 Å². The lowest BCUT2D eigenvalue weighted by molar-refractivity contribution is -0.116. The fourth-order valence-corrected chi connectivity index (χ4v) is 4.70. The lowest BCUT2D eigenvalue weighted by Gasteiger charge is -2.25. The van der Waals surface area contributed by atoms with E-state index < -0.39 is 11.8 Å². The minimum absolute atomic E-state index is 0.0398. The average Bonchev–Trinajstić information content (AvgIpc) is 2.98. The van der Waals surface area contributed by atoms with Gasteiger partial charge in [0.2, 0.25) is 5.91 Å². The second kappa shape index (κ2) is 8.83. The number of rotatable bonds is 5. The molecule has 4 nitrogen and oxygen atoms in total. The predicted molar refractivity (Wildman–Crippen MR) is 130 cm³/mol. The third-order valence-electron chi connectivity index (χ3n) is 6.40. The summed E-state index contributed by atoms with van der Waals surface area (Å²) >= 11 is 0. The summed E-state index contributed by atoms with van der Waals surface area (Å²) in [5.74, 6) is -1.39. The third-order valence-corrected chi connectivity index (χ3v) is 6.40. The van der Waals surface area contributed by atoms with Crippen molar-refractivity contribution in [1.29, 1.82) is 0 Å². The normalized spacial score (nSPS) is 16.5. The molecule has 1 heterocycles. The molecular formula is C29H23NO3. The fraction of sp³-hybridized carbons (Fsp3) is 0.138. The summed E-state index contributed by atoms with van der Waals surface area (Å²) in [5, 5.41) is 4.92. The first-order valence-corrected chi connectivity index (χ1v) is 11.1. The van der Waals surface area contributed by atoms with Crippen LogP contribution in [0.4, 0.5) is 5.69 Å². The number of para-hydroxylation sites is 1. The molecule has 162 valence electrons. The Kier molecular flexibility index (Phi) is 5.57. The van der Waals surface area contributed by atoms with Crippen molar-refractivity contribution in [3.63, 3.8) is 0 Å². The molecule has 2 atom stereocenters. The Morgan fingerprint density at radius 2 is 1.52 bits per heavy atom. The van der Waals surface area contributed by atoms with E-state index in [9.17, 15) is 14.4 Å². The summed E-state index contributed by atoms with van der Waals surface area (Å²) in [6, 6.07) is 30.2. The van der Waals surface area contributed by atoms with Gasteiger partial charge in [-0.05, 0) is 34.5 Å². The number of carbonyl (C=O) groups excluding carboxylic acids is 3. The molecule has 1 amide bonds. The van der Waals surface area contributed by atoms with E-state index in [4.69, 9.17) is 0 Å². The molecule has 4 aromatic rings. The minimum Gasteiger partial charge on any atom is -0.325 e. The Labute approximate surface area is 192 Å². The highest BCUT2D eigenvalue weighted by Gasteiger charge is 2.36. The Bertz CT molecular complexity index is 1360. The zero-order valence-corrected chi connectivity index (χ0v) is 18.0. The van der Waals surface area contributed by atoms with Crippen molar-refractivity contribution >= 4 is 33.9 Å². The SMILES string of the molecule is O=C1CC(C(CC(=O)c2ccc3ccccc3c2)c2ccccc2)C(=O)c2ccccc2N1. The number of nitrogens with one attached hydrogen (secondary N) is 1. The molecule has 0 aliphatic carbocycles. The standard InChI is InChI=1S/C29H23NO3/c31-27(22-15-14-19-8-4-5-11-21(19)16-22)17-24(20-9-2-1-3-10-20)25-18-28(32)30-26-13-7-6-12-23(26)29(25)33/h1-16,24-25H,17-18H2,(H,30,32). The van der Waals surface area contributed by atoms with Crippen LogP contribution < -0.4 is 5.32 Å². The lowest BCUT2D eigenvalue weighted by Crippen LogP contribution is -2.26. The van der Waals surface area contributed by atoms with Crippen molar-refractivity contribution in [2.24, 2.45) is 5.92 Å². The topological polar surface area (TPSA) is 63.2 Å². The van der Waals surface area contributed by atoms with E-state index in [1.165, 1.54) is 0 Å². The van der Waals surface area contributed by atoms with Crippen LogP contribution in [0.2, 0.25) is 0 Å². The minimum atomic E-state index is -0.625. The van der Waals surface area contributed by atoms with E-state index in [-0.39, 0.29) is 30.3 Å². The molecule has 4 heteroatoms. The number of anilines is 1. The second-order valence-electron chi connectivity index (χ2n) is 8.48. The smallest absolute Gasteiger partial charge is 0.225 e. The van der Waals surface area contributed by atoms with Crippen molar-refractivity contribution in [3.05, 3.63) is 114 Å². The van der Waals surface area contributed by atoms with Gasteiger partial charge in [-0.2, -0.15) is 0 Å². The van der Waals surface area contributed by atoms with Crippen molar-refractivity contribution in [1.82, 2.24) is 0 Å². The van der Waals surface area contributed by atoms with E-state index in [0.717, 1.165) is 16.3 Å². The van der Waals surface area contributed by atoms with Crippen LogP contribution in [-0.2, 0) is 4.79 Å². The molecule has 4 aromatic carbocycles. The Morgan fingerprint density at radius 1 is 0.818 bits per heavy atom. The monoisotopic (exact) mass is 433 g/mol. The highest BCUT2D eigenvalue weighted by molar-refractivity contribution is 6.11. The number of amides is 1. The van der Waals surface area contributed by atoms with Gasteiger partial charge in [0.25, 0.3) is 0 Å². The number of hydrogen-bond acceptors (Lipinski definition) is 3. The lowest BCUT2D eigenvalue weighted by atomic mass is 9.76. The Balaban J connectivity index is 1.53. The molecule has 0 fully saturated rings. The number of Topliss-reactive ketones (excluding diaryl/α,β-unsaturated/α-hetero) is 2. The average molecular weight is 434 g/mol. The molecule has 0 bridgehead atoms. The molecule has 0 aromatic heterocycles. The highest BCUT2D eigenvalue weighted by atomic mass is 16.2. The molecule has 0 saturated heterocycles. The van der Waals surface area contributed by atoms with E-state index in [1.54, 1.807) is 24.3 Å². The van der Waals surface area contributed by atoms with Gasteiger partial charge < -0.3 is 5.32 Å². The maximum atomic E-state index is 13.6. The first kappa shape index (κ1) is 20.8. The molecule has 1 aliphatic rings. The van der Waals surface area contributed by atoms with E-state index >= 15 is 0 Å². The maximum absolute atomic E-state index is 13.6. The van der Waals surface area contributed by atoms with Gasteiger partial charge in [0.1, 0.15) is 0 Å². The number of fused-ring (bicyclic) bond motifs is 2. The number of benzene rings is 4. The van der Waals surface area contributed by atoms with Crippen molar-refractivity contribution in [2.75, 3.05) is 5.32 Å². The van der Waals surface area contributed by atoms with E-state index in [2.05, 4.69) is 5.32 Å². The predicted octanol–water partition coefficient (Wildman–Crippen LogP) is 6.04. The van der Waals surface area contributed by atoms with Gasteiger partial charge in [0.05, 0.1) is 5.69 Å². The van der Waals surface area contributed by atoms with Crippen LogP contribution in [-0.4, -0.2) is 17.5 Å². The van der Waals surface area contributed by atoms with E-state index in [1.807, 2.05) is 72.8 Å². The summed E-state index contributed by atoms with van der Waals surface area (Å²) in [5.41, 5.74) is 2.52. The van der Waals surface area contributed by atoms with Gasteiger partial charge in [0.15, 0.2) is 11.6 Å². The van der Waals surface area contributed by atoms with Gasteiger partial charge >= 0.3 is 0 Å². The van der Waals surface area contributed by atoms with Crippen LogP contribution in [0.1, 0.15) is 45.0 Å². The van der Waals surface area contributed by atoms with Gasteiger partial charge in [-0.3, -0.25) is 14.4 Å². The quantitative estimate of drug-likeness (QED) is 0.391. The summed E-state index contributed by atoms with van der Waals surface area (Å²) < 4.78 is 0. The van der Waals surface area contributed by atoms with Crippen LogP contribution >= 0.6 is 0 Å². The molecule has 0 spiro atoms. The molecule has 33 heavy (non-hydrogen) atoms. The van der Waals surface area contributed by atoms with Crippen molar-refractivity contribution in [2.45, 2.75) is 18.8 Å². The molecule has 2 unspecified atom stereocenters. The summed E-state index contributed by atoms with van der Waals surface area (Å²) in [4.78, 5) is 39.7. The van der Waals surface area contributed by atoms with Crippen LogP contribution in [0, 0.1) is 5.92 Å². The van der Waals surface area contributed by atoms with Crippen LogP contribution in [0.5, 0.6) is 0 Å². The van der Waals surface area contributed by atoms with Crippen molar-refractivity contribution in [3.8, 4) is 0 Å². The zero-order valence-electron chi connectivity index (χ0n) is 18.0. The number of ketones is 2. The van der Waals surface area contributed by atoms with Gasteiger partial charge in [-0.1, -0.05) is 78.9 Å². The van der Waals surface area contributed by atoms with Gasteiger partial charge in [0, 0.05) is 35.8 Å². The molecule has 5 rings (SSSR count). The second-order valence-corrected chi connectivity index (χ2v) is 8.48. The fourth-order valence-electron chi connectivity index (χ4n) is 4.70. The third kappa shape index (κ3) is 4.20. The molecule has 1 aliphatic heterocycles. The van der Waals surface area contributed by atoms with E-state index in [0.29, 0.717) is 16.8 Å². The summed E-state index contributed by atoms with van der Waals surface area (Å²) in [6.07, 6.45) is 0.187. The molecule has 0 saturated carbocycles. The number of carbonyl (C=O) groups is 3. The van der Waals surface area contributed by atoms with Gasteiger partial charge in [-0.15, -0.1) is 0 Å². The van der Waals surface area contributed by atoms with Crippen LogP contribution in [0.15, 0.2) is 97.1 Å². The molecule has 0 radical (unpaired) electrons. The van der Waals surface area contributed by atoms with Crippen LogP contribution in [0.3, 0.4) is 0 Å². The summed E-state index contributed by atoms with van der Waals surface area (Å²) in [6.45, 7) is 0. The first-order valence-electron chi connectivity index (χ1n) is 11.1. The zero-order chi connectivity index (χ0) is 22.8. The maximum Gasteiger partial charge on any atom is 0.225 e. The molecular weight excluding hydrogens is 410 g/mol.